The van der Waals surface area contributed by atoms with Crippen LogP contribution in [0, 0.1) is 11.8 Å². The van der Waals surface area contributed by atoms with Crippen LogP contribution in [0.2, 0.25) is 0 Å². The van der Waals surface area contributed by atoms with Crippen LogP contribution in [0.25, 0.3) is 0 Å². The lowest BCUT2D eigenvalue weighted by atomic mass is 9.80. The average molecular weight is 326 g/mol. The van der Waals surface area contributed by atoms with Crippen molar-refractivity contribution in [3.05, 3.63) is 28.2 Å². The highest BCUT2D eigenvalue weighted by Gasteiger charge is 2.27. The Hall–Kier alpha value is -1.03. The maximum Gasteiger partial charge on any atom is 0.339 e. The van der Waals surface area contributed by atoms with Gasteiger partial charge in [-0.3, -0.25) is 0 Å². The van der Waals surface area contributed by atoms with Gasteiger partial charge in [0.25, 0.3) is 0 Å². The van der Waals surface area contributed by atoms with Crippen LogP contribution >= 0.6 is 15.9 Å². The second-order valence-corrected chi connectivity index (χ2v) is 6.39. The molecule has 3 nitrogen and oxygen atoms in total. The van der Waals surface area contributed by atoms with Crippen molar-refractivity contribution in [2.75, 3.05) is 5.73 Å². The molecule has 3 atom stereocenters. The normalized spacial score (nSPS) is 27.0. The van der Waals surface area contributed by atoms with E-state index in [1.807, 2.05) is 0 Å². The molecule has 19 heavy (non-hydrogen) atoms. The second kappa shape index (κ2) is 5.95. The Morgan fingerprint density at radius 2 is 2.05 bits per heavy atom. The van der Waals surface area contributed by atoms with Crippen molar-refractivity contribution >= 4 is 27.6 Å². The van der Waals surface area contributed by atoms with Gasteiger partial charge in [0.2, 0.25) is 0 Å². The topological polar surface area (TPSA) is 52.3 Å². The van der Waals surface area contributed by atoms with Crippen LogP contribution in [-0.4, -0.2) is 12.1 Å². The fraction of sp³-hybridized carbons (Fsp3) is 0.533. The monoisotopic (exact) mass is 325 g/mol. The van der Waals surface area contributed by atoms with Crippen LogP contribution in [-0.2, 0) is 4.74 Å². The summed E-state index contributed by atoms with van der Waals surface area (Å²) >= 11 is 3.36. The summed E-state index contributed by atoms with van der Waals surface area (Å²) in [6.07, 6.45) is 3.06. The molecule has 2 rings (SSSR count). The first kappa shape index (κ1) is 14.4. The van der Waals surface area contributed by atoms with E-state index >= 15 is 0 Å². The molecule has 0 aliphatic heterocycles. The Balaban J connectivity index is 2.03. The number of rotatable bonds is 2. The predicted molar refractivity (Wildman–Crippen MR) is 79.9 cm³/mol. The lowest BCUT2D eigenvalue weighted by Crippen LogP contribution is -2.28. The van der Waals surface area contributed by atoms with Crippen molar-refractivity contribution < 1.29 is 9.53 Å². The van der Waals surface area contributed by atoms with Gasteiger partial charge in [-0.05, 0) is 65.2 Å². The van der Waals surface area contributed by atoms with Crippen LogP contribution < -0.4 is 5.73 Å². The summed E-state index contributed by atoms with van der Waals surface area (Å²) in [7, 11) is 0. The molecule has 0 heterocycles. The Morgan fingerprint density at radius 1 is 1.32 bits per heavy atom. The number of hydrogen-bond acceptors (Lipinski definition) is 3. The van der Waals surface area contributed by atoms with Gasteiger partial charge < -0.3 is 10.5 Å². The molecule has 104 valence electrons. The number of halogens is 1. The summed E-state index contributed by atoms with van der Waals surface area (Å²) in [5, 5.41) is 0. The molecule has 2 N–H and O–H groups in total. The fourth-order valence-electron chi connectivity index (χ4n) is 2.52. The van der Waals surface area contributed by atoms with Gasteiger partial charge in [0.05, 0.1) is 5.56 Å². The number of carbonyl (C=O) groups excluding carboxylic acids is 1. The Kier molecular flexibility index (Phi) is 4.50. The van der Waals surface area contributed by atoms with Gasteiger partial charge in [0, 0.05) is 10.2 Å². The minimum Gasteiger partial charge on any atom is -0.459 e. The summed E-state index contributed by atoms with van der Waals surface area (Å²) in [5.74, 6) is 1.04. The van der Waals surface area contributed by atoms with Gasteiger partial charge in [-0.1, -0.05) is 13.8 Å². The number of benzene rings is 1. The Labute approximate surface area is 122 Å². The predicted octanol–water partition coefficient (Wildman–Crippen LogP) is 4.01. The third kappa shape index (κ3) is 3.50. The van der Waals surface area contributed by atoms with E-state index in [0.29, 0.717) is 23.1 Å². The van der Waals surface area contributed by atoms with E-state index in [9.17, 15) is 4.79 Å². The average Bonchev–Trinajstić information content (AvgIpc) is 2.36. The minimum absolute atomic E-state index is 0.0343. The molecule has 1 aliphatic carbocycles. The molecular weight excluding hydrogens is 306 g/mol. The highest BCUT2D eigenvalue weighted by molar-refractivity contribution is 9.10. The van der Waals surface area contributed by atoms with E-state index in [4.69, 9.17) is 10.5 Å². The number of nitrogen functional groups attached to an aromatic ring is 1. The largest absolute Gasteiger partial charge is 0.459 e. The van der Waals surface area contributed by atoms with Crippen LogP contribution in [0.5, 0.6) is 0 Å². The maximum absolute atomic E-state index is 12.2. The molecule has 3 unspecified atom stereocenters. The molecule has 0 aromatic heterocycles. The molecule has 0 spiro atoms. The van der Waals surface area contributed by atoms with Crippen molar-refractivity contribution in [2.24, 2.45) is 11.8 Å². The van der Waals surface area contributed by atoms with Crippen LogP contribution in [0.3, 0.4) is 0 Å². The highest BCUT2D eigenvalue weighted by Crippen LogP contribution is 2.32. The number of hydrogen-bond donors (Lipinski definition) is 1. The van der Waals surface area contributed by atoms with Gasteiger partial charge in [0.1, 0.15) is 6.10 Å². The van der Waals surface area contributed by atoms with E-state index in [-0.39, 0.29) is 12.1 Å². The molecule has 0 amide bonds. The zero-order valence-corrected chi connectivity index (χ0v) is 12.9. The van der Waals surface area contributed by atoms with Gasteiger partial charge in [-0.2, -0.15) is 0 Å². The van der Waals surface area contributed by atoms with Crippen LogP contribution in [0.1, 0.15) is 43.5 Å². The molecule has 1 aliphatic rings. The maximum atomic E-state index is 12.2. The van der Waals surface area contributed by atoms with Crippen LogP contribution in [0.15, 0.2) is 22.7 Å². The molecule has 1 aromatic rings. The summed E-state index contributed by atoms with van der Waals surface area (Å²) in [4.78, 5) is 12.2. The molecule has 0 bridgehead atoms. The van der Waals surface area contributed by atoms with Gasteiger partial charge in [0.15, 0.2) is 0 Å². The van der Waals surface area contributed by atoms with Gasteiger partial charge >= 0.3 is 5.97 Å². The molecule has 1 aromatic carbocycles. The molecule has 4 heteroatoms. The van der Waals surface area contributed by atoms with E-state index in [0.717, 1.165) is 23.7 Å². The quantitative estimate of drug-likeness (QED) is 0.660. The number of ether oxygens (including phenoxy) is 1. The van der Waals surface area contributed by atoms with Crippen molar-refractivity contribution in [3.63, 3.8) is 0 Å². The Morgan fingerprint density at radius 3 is 2.74 bits per heavy atom. The second-order valence-electron chi connectivity index (χ2n) is 5.53. The summed E-state index contributed by atoms with van der Waals surface area (Å²) in [5.41, 5.74) is 6.79. The summed E-state index contributed by atoms with van der Waals surface area (Å²) < 4.78 is 6.33. The molecule has 1 fully saturated rings. The van der Waals surface area contributed by atoms with Gasteiger partial charge in [-0.25, -0.2) is 4.79 Å². The first-order valence-corrected chi connectivity index (χ1v) is 7.52. The molecule has 0 saturated heterocycles. The van der Waals surface area contributed by atoms with Crippen LogP contribution in [0.4, 0.5) is 5.69 Å². The number of carbonyl (C=O) groups is 1. The summed E-state index contributed by atoms with van der Waals surface area (Å²) in [6.45, 7) is 4.48. The third-order valence-corrected chi connectivity index (χ3v) is 4.73. The number of nitrogens with two attached hydrogens (primary N) is 1. The highest BCUT2D eigenvalue weighted by atomic mass is 79.9. The first-order valence-electron chi connectivity index (χ1n) is 6.73. The van der Waals surface area contributed by atoms with Crippen molar-refractivity contribution in [1.29, 1.82) is 0 Å². The Bertz CT molecular complexity index is 475. The lowest BCUT2D eigenvalue weighted by Gasteiger charge is -2.31. The standard InChI is InChI=1S/C15H20BrNO2/c1-9-3-5-12(7-10(9)2)19-15(18)13-8-11(17)4-6-14(13)16/h4,6,8-10,12H,3,5,7,17H2,1-2H3. The number of esters is 1. The minimum atomic E-state index is -0.286. The first-order chi connectivity index (χ1) is 8.97. The third-order valence-electron chi connectivity index (χ3n) is 4.03. The number of anilines is 1. The van der Waals surface area contributed by atoms with Crippen molar-refractivity contribution in [3.8, 4) is 0 Å². The van der Waals surface area contributed by atoms with Crippen molar-refractivity contribution in [1.82, 2.24) is 0 Å². The van der Waals surface area contributed by atoms with E-state index < -0.39 is 0 Å². The van der Waals surface area contributed by atoms with E-state index in [1.165, 1.54) is 0 Å². The smallest absolute Gasteiger partial charge is 0.339 e. The molecular formula is C15H20BrNO2. The van der Waals surface area contributed by atoms with E-state index in [2.05, 4.69) is 29.8 Å². The SMILES string of the molecule is CC1CCC(OC(=O)c2cc(N)ccc2Br)CC1C. The lowest BCUT2D eigenvalue weighted by molar-refractivity contribution is 0.00870. The zero-order chi connectivity index (χ0) is 14.0. The van der Waals surface area contributed by atoms with E-state index in [1.54, 1.807) is 18.2 Å². The zero-order valence-electron chi connectivity index (χ0n) is 11.4. The fourth-order valence-corrected chi connectivity index (χ4v) is 2.93. The summed E-state index contributed by atoms with van der Waals surface area (Å²) in [6, 6.07) is 5.18. The molecule has 1 saturated carbocycles. The molecule has 0 radical (unpaired) electrons. The van der Waals surface area contributed by atoms with Gasteiger partial charge in [-0.15, -0.1) is 0 Å². The van der Waals surface area contributed by atoms with Crippen molar-refractivity contribution in [2.45, 2.75) is 39.2 Å².